The summed E-state index contributed by atoms with van der Waals surface area (Å²) in [5.41, 5.74) is 1.82. The summed E-state index contributed by atoms with van der Waals surface area (Å²) in [5, 5.41) is 9.72. The van der Waals surface area contributed by atoms with Crippen molar-refractivity contribution in [1.29, 1.82) is 0 Å². The maximum atomic E-state index is 11.9. The zero-order valence-corrected chi connectivity index (χ0v) is 13.4. The van der Waals surface area contributed by atoms with Crippen LogP contribution in [0.3, 0.4) is 0 Å². The highest BCUT2D eigenvalue weighted by atomic mass is 16.5. The summed E-state index contributed by atoms with van der Waals surface area (Å²) in [5.74, 6) is 0.804. The van der Waals surface area contributed by atoms with Crippen LogP contribution in [-0.4, -0.2) is 45.7 Å². The highest BCUT2D eigenvalue weighted by Gasteiger charge is 2.30. The summed E-state index contributed by atoms with van der Waals surface area (Å²) >= 11 is 0. The number of para-hydroxylation sites is 1. The lowest BCUT2D eigenvalue weighted by molar-refractivity contribution is -0.143. The minimum Gasteiger partial charge on any atom is -0.493 e. The van der Waals surface area contributed by atoms with Crippen molar-refractivity contribution in [2.45, 2.75) is 25.9 Å². The fourth-order valence-corrected chi connectivity index (χ4v) is 3.05. The van der Waals surface area contributed by atoms with Gasteiger partial charge in [0.2, 0.25) is 0 Å². The second-order valence-electron chi connectivity index (χ2n) is 5.82. The number of carbonyl (C=O) groups is 1. The number of aromatic nitrogens is 2. The molecule has 122 valence electrons. The maximum absolute atomic E-state index is 11.9. The van der Waals surface area contributed by atoms with Crippen molar-refractivity contribution >= 4 is 5.97 Å². The van der Waals surface area contributed by atoms with Crippen molar-refractivity contribution in [3.8, 4) is 5.75 Å². The van der Waals surface area contributed by atoms with Gasteiger partial charge in [-0.2, -0.15) is 0 Å². The second kappa shape index (κ2) is 6.42. The van der Waals surface area contributed by atoms with Crippen molar-refractivity contribution in [2.75, 3.05) is 20.2 Å². The molecule has 0 saturated heterocycles. The van der Waals surface area contributed by atoms with E-state index >= 15 is 0 Å². The number of hydrogen-bond acceptors (Lipinski definition) is 4. The molecule has 1 aromatic carbocycles. The van der Waals surface area contributed by atoms with Crippen LogP contribution < -0.4 is 4.74 Å². The third-order valence-corrected chi connectivity index (χ3v) is 4.33. The summed E-state index contributed by atoms with van der Waals surface area (Å²) < 4.78 is 7.69. The lowest BCUT2D eigenvalue weighted by atomic mass is 10.0. The average molecular weight is 315 g/mol. The summed E-state index contributed by atoms with van der Waals surface area (Å²) in [6.07, 6.45) is 4.50. The molecule has 0 unspecified atom stereocenters. The largest absolute Gasteiger partial charge is 0.493 e. The Morgan fingerprint density at radius 1 is 1.52 bits per heavy atom. The van der Waals surface area contributed by atoms with E-state index in [0.29, 0.717) is 19.7 Å². The first-order valence-electron chi connectivity index (χ1n) is 7.73. The topological polar surface area (TPSA) is 67.6 Å². The van der Waals surface area contributed by atoms with Crippen molar-refractivity contribution in [3.63, 3.8) is 0 Å². The first-order chi connectivity index (χ1) is 11.1. The van der Waals surface area contributed by atoms with Gasteiger partial charge >= 0.3 is 5.97 Å². The van der Waals surface area contributed by atoms with Crippen LogP contribution in [0, 0.1) is 6.92 Å². The van der Waals surface area contributed by atoms with E-state index < -0.39 is 12.0 Å². The van der Waals surface area contributed by atoms with E-state index in [1.54, 1.807) is 6.20 Å². The third kappa shape index (κ3) is 3.07. The Bertz CT molecular complexity index is 711. The van der Waals surface area contributed by atoms with Gasteiger partial charge in [-0.3, -0.25) is 9.69 Å². The molecule has 1 atom stereocenters. The Hall–Kier alpha value is -2.34. The molecular formula is C17H21N3O3. The number of likely N-dealkylation sites (N-methyl/N-ethyl adjacent to an activating group) is 1. The fourth-order valence-electron chi connectivity index (χ4n) is 3.05. The average Bonchev–Trinajstić information content (AvgIpc) is 3.14. The monoisotopic (exact) mass is 315 g/mol. The molecule has 1 aliphatic heterocycles. The predicted octanol–water partition coefficient (Wildman–Crippen LogP) is 1.88. The minimum atomic E-state index is -0.862. The lowest BCUT2D eigenvalue weighted by Gasteiger charge is -2.26. The minimum absolute atomic E-state index is 0.609. The highest BCUT2D eigenvalue weighted by Crippen LogP contribution is 2.35. The quantitative estimate of drug-likeness (QED) is 0.881. The molecule has 0 saturated carbocycles. The molecule has 0 fully saturated rings. The number of nitrogens with zero attached hydrogens (tertiary/aromatic N) is 3. The van der Waals surface area contributed by atoms with Crippen LogP contribution in [0.4, 0.5) is 0 Å². The number of carboxylic acid groups (broad SMARTS) is 1. The van der Waals surface area contributed by atoms with E-state index in [4.69, 9.17) is 4.74 Å². The second-order valence-corrected chi connectivity index (χ2v) is 5.82. The molecule has 2 aromatic rings. The zero-order valence-electron chi connectivity index (χ0n) is 13.4. The first kappa shape index (κ1) is 15.6. The highest BCUT2D eigenvalue weighted by molar-refractivity contribution is 5.77. The molecule has 2 heterocycles. The summed E-state index contributed by atoms with van der Waals surface area (Å²) in [7, 11) is 1.83. The normalized spacial score (nSPS) is 14.6. The molecule has 0 spiro atoms. The Labute approximate surface area is 135 Å². The lowest BCUT2D eigenvalue weighted by Crippen LogP contribution is -2.33. The summed E-state index contributed by atoms with van der Waals surface area (Å²) in [6.45, 7) is 3.86. The fraction of sp³-hybridized carbons (Fsp3) is 0.412. The Kier molecular flexibility index (Phi) is 4.34. The van der Waals surface area contributed by atoms with Crippen molar-refractivity contribution in [1.82, 2.24) is 14.5 Å². The van der Waals surface area contributed by atoms with Gasteiger partial charge in [0.05, 0.1) is 6.61 Å². The van der Waals surface area contributed by atoms with Gasteiger partial charge in [0, 0.05) is 37.5 Å². The van der Waals surface area contributed by atoms with Gasteiger partial charge in [-0.25, -0.2) is 4.98 Å². The number of hydrogen-bond donors (Lipinski definition) is 1. The van der Waals surface area contributed by atoms with Crippen molar-refractivity contribution in [3.05, 3.63) is 47.5 Å². The molecule has 1 aromatic heterocycles. The van der Waals surface area contributed by atoms with Gasteiger partial charge in [0.15, 0.2) is 0 Å². The van der Waals surface area contributed by atoms with E-state index in [2.05, 4.69) is 4.98 Å². The molecule has 0 amide bonds. The zero-order chi connectivity index (χ0) is 16.4. The standard InChI is InChI=1S/C17H21N3O3/c1-12-18-7-8-20(12)10-9-19(2)15(17(21)22)14-5-3-4-13-6-11-23-16(13)14/h3-5,7-8,15H,6,9-11H2,1-2H3,(H,21,22)/t15-/m0/s1. The van der Waals surface area contributed by atoms with E-state index in [-0.39, 0.29) is 0 Å². The van der Waals surface area contributed by atoms with Gasteiger partial charge in [-0.15, -0.1) is 0 Å². The molecule has 0 bridgehead atoms. The molecule has 1 N–H and O–H groups in total. The smallest absolute Gasteiger partial charge is 0.325 e. The number of aryl methyl sites for hydroxylation is 1. The Morgan fingerprint density at radius 3 is 3.04 bits per heavy atom. The first-order valence-corrected chi connectivity index (χ1v) is 7.73. The Balaban J connectivity index is 1.80. The molecule has 23 heavy (non-hydrogen) atoms. The van der Waals surface area contributed by atoms with Gasteiger partial charge in [-0.1, -0.05) is 18.2 Å². The van der Waals surface area contributed by atoms with Crippen LogP contribution in [0.1, 0.15) is 23.0 Å². The van der Waals surface area contributed by atoms with E-state index in [9.17, 15) is 9.90 Å². The number of imidazole rings is 1. The molecule has 6 heteroatoms. The SMILES string of the molecule is Cc1nccn1CCN(C)[C@H](C(=O)O)c1cccc2c1OCC2. The molecular weight excluding hydrogens is 294 g/mol. The summed E-state index contributed by atoms with van der Waals surface area (Å²) in [4.78, 5) is 17.9. The predicted molar refractivity (Wildman–Crippen MR) is 85.6 cm³/mol. The van der Waals surface area contributed by atoms with Gasteiger partial charge in [-0.05, 0) is 19.5 Å². The molecule has 0 radical (unpaired) electrons. The van der Waals surface area contributed by atoms with Crippen LogP contribution in [0.2, 0.25) is 0 Å². The third-order valence-electron chi connectivity index (χ3n) is 4.33. The molecule has 6 nitrogen and oxygen atoms in total. The van der Waals surface area contributed by atoms with Crippen LogP contribution in [0.5, 0.6) is 5.75 Å². The number of rotatable bonds is 6. The van der Waals surface area contributed by atoms with Crippen LogP contribution >= 0.6 is 0 Å². The van der Waals surface area contributed by atoms with Gasteiger partial charge in [0.25, 0.3) is 0 Å². The molecule has 0 aliphatic carbocycles. The number of benzene rings is 1. The maximum Gasteiger partial charge on any atom is 0.325 e. The van der Waals surface area contributed by atoms with Crippen LogP contribution in [-0.2, 0) is 17.8 Å². The number of ether oxygens (including phenoxy) is 1. The van der Waals surface area contributed by atoms with E-state index in [0.717, 1.165) is 29.1 Å². The number of fused-ring (bicyclic) bond motifs is 1. The van der Waals surface area contributed by atoms with Gasteiger partial charge < -0.3 is 14.4 Å². The van der Waals surface area contributed by atoms with E-state index in [1.807, 2.05) is 47.8 Å². The number of aliphatic carboxylic acids is 1. The van der Waals surface area contributed by atoms with Crippen LogP contribution in [0.25, 0.3) is 0 Å². The Morgan fingerprint density at radius 2 is 2.35 bits per heavy atom. The molecule has 1 aliphatic rings. The van der Waals surface area contributed by atoms with Gasteiger partial charge in [0.1, 0.15) is 17.6 Å². The number of carboxylic acids is 1. The van der Waals surface area contributed by atoms with Crippen LogP contribution in [0.15, 0.2) is 30.6 Å². The summed E-state index contributed by atoms with van der Waals surface area (Å²) in [6, 6.07) is 5.04. The van der Waals surface area contributed by atoms with Crippen molar-refractivity contribution in [2.24, 2.45) is 0 Å². The van der Waals surface area contributed by atoms with Crippen molar-refractivity contribution < 1.29 is 14.6 Å². The molecule has 3 rings (SSSR count). The van der Waals surface area contributed by atoms with E-state index in [1.165, 1.54) is 0 Å².